The van der Waals surface area contributed by atoms with Crippen LogP contribution in [0.25, 0.3) is 0 Å². The molecule has 1 aromatic carbocycles. The predicted molar refractivity (Wildman–Crippen MR) is 85.8 cm³/mol. The third-order valence-corrected chi connectivity index (χ3v) is 3.78. The van der Waals surface area contributed by atoms with E-state index in [-0.39, 0.29) is 5.91 Å². The first-order valence-corrected chi connectivity index (χ1v) is 7.83. The average Bonchev–Trinajstić information content (AvgIpc) is 2.47. The summed E-state index contributed by atoms with van der Waals surface area (Å²) in [5.41, 5.74) is 1.59. The Bertz CT molecular complexity index is 496. The molecule has 0 radical (unpaired) electrons. The van der Waals surface area contributed by atoms with Crippen molar-refractivity contribution in [3.63, 3.8) is 0 Å². The average molecular weight is 286 g/mol. The molecule has 0 heterocycles. The molecule has 3 nitrogen and oxygen atoms in total. The standard InChI is InChI=1S/C18H26N2O/c1-4-10-18(14-19,11-5-2)17(21)20-12-9-16-8-6-7-15(3)13-16/h6-8,13H,4-5,9-12H2,1-3H3,(H,20,21). The first kappa shape index (κ1) is 17.2. The van der Waals surface area contributed by atoms with Crippen LogP contribution in [0.4, 0.5) is 0 Å². The molecule has 0 aliphatic carbocycles. The number of aryl methyl sites for hydroxylation is 1. The van der Waals surface area contributed by atoms with Gasteiger partial charge in [0.2, 0.25) is 5.91 Å². The SMILES string of the molecule is CCCC(C#N)(CCC)C(=O)NCCc1cccc(C)c1. The molecule has 0 unspecified atom stereocenters. The van der Waals surface area contributed by atoms with E-state index in [1.807, 2.05) is 19.9 Å². The van der Waals surface area contributed by atoms with Gasteiger partial charge in [0.15, 0.2) is 0 Å². The molecule has 0 atom stereocenters. The Morgan fingerprint density at radius 3 is 2.48 bits per heavy atom. The molecule has 0 bridgehead atoms. The monoisotopic (exact) mass is 286 g/mol. The quantitative estimate of drug-likeness (QED) is 0.791. The fourth-order valence-corrected chi connectivity index (χ4v) is 2.73. The summed E-state index contributed by atoms with van der Waals surface area (Å²) >= 11 is 0. The van der Waals surface area contributed by atoms with Crippen LogP contribution in [0.1, 0.15) is 50.7 Å². The minimum atomic E-state index is -0.851. The van der Waals surface area contributed by atoms with E-state index in [1.54, 1.807) is 0 Å². The molecule has 3 heteroatoms. The number of rotatable bonds is 8. The molecule has 0 fully saturated rings. The number of hydrogen-bond donors (Lipinski definition) is 1. The third kappa shape index (κ3) is 4.90. The summed E-state index contributed by atoms with van der Waals surface area (Å²) in [6.07, 6.45) is 3.76. The topological polar surface area (TPSA) is 52.9 Å². The van der Waals surface area contributed by atoms with Gasteiger partial charge in [0.05, 0.1) is 6.07 Å². The van der Waals surface area contributed by atoms with Crippen LogP contribution in [0.3, 0.4) is 0 Å². The minimum absolute atomic E-state index is 0.110. The van der Waals surface area contributed by atoms with E-state index >= 15 is 0 Å². The van der Waals surface area contributed by atoms with Gasteiger partial charge in [-0.3, -0.25) is 4.79 Å². The molecule has 21 heavy (non-hydrogen) atoms. The van der Waals surface area contributed by atoms with E-state index in [4.69, 9.17) is 0 Å². The Balaban J connectivity index is 2.60. The maximum absolute atomic E-state index is 12.4. The van der Waals surface area contributed by atoms with E-state index in [0.29, 0.717) is 19.4 Å². The van der Waals surface area contributed by atoms with Crippen molar-refractivity contribution >= 4 is 5.91 Å². The van der Waals surface area contributed by atoms with E-state index < -0.39 is 5.41 Å². The van der Waals surface area contributed by atoms with Crippen molar-refractivity contribution in [3.05, 3.63) is 35.4 Å². The number of nitrogens with one attached hydrogen (secondary N) is 1. The van der Waals surface area contributed by atoms with Gasteiger partial charge in [0, 0.05) is 6.54 Å². The molecular formula is C18H26N2O. The largest absolute Gasteiger partial charge is 0.354 e. The summed E-state index contributed by atoms with van der Waals surface area (Å²) in [5.74, 6) is -0.110. The van der Waals surface area contributed by atoms with Crippen LogP contribution in [-0.4, -0.2) is 12.5 Å². The Kier molecular flexibility index (Phi) is 6.94. The number of hydrogen-bond acceptors (Lipinski definition) is 2. The molecule has 0 aliphatic rings. The lowest BCUT2D eigenvalue weighted by Crippen LogP contribution is -2.41. The number of amides is 1. The normalized spacial score (nSPS) is 11.0. The Morgan fingerprint density at radius 1 is 1.29 bits per heavy atom. The molecule has 0 saturated heterocycles. The van der Waals surface area contributed by atoms with Gasteiger partial charge in [0.25, 0.3) is 0 Å². The molecular weight excluding hydrogens is 260 g/mol. The Hall–Kier alpha value is -1.82. The number of benzene rings is 1. The number of nitriles is 1. The number of carbonyl (C=O) groups is 1. The van der Waals surface area contributed by atoms with Crippen molar-refractivity contribution in [1.29, 1.82) is 5.26 Å². The highest BCUT2D eigenvalue weighted by Gasteiger charge is 2.36. The first-order valence-electron chi connectivity index (χ1n) is 7.83. The van der Waals surface area contributed by atoms with Crippen LogP contribution in [0.2, 0.25) is 0 Å². The van der Waals surface area contributed by atoms with E-state index in [2.05, 4.69) is 36.5 Å². The summed E-state index contributed by atoms with van der Waals surface area (Å²) in [6, 6.07) is 10.5. The number of nitrogens with zero attached hydrogens (tertiary/aromatic N) is 1. The van der Waals surface area contributed by atoms with Gasteiger partial charge in [-0.2, -0.15) is 5.26 Å². The molecule has 114 valence electrons. The van der Waals surface area contributed by atoms with E-state index in [1.165, 1.54) is 11.1 Å². The fraction of sp³-hybridized carbons (Fsp3) is 0.556. The first-order chi connectivity index (χ1) is 10.1. The maximum atomic E-state index is 12.4. The lowest BCUT2D eigenvalue weighted by molar-refractivity contribution is -0.128. The Labute approximate surface area is 128 Å². The highest BCUT2D eigenvalue weighted by atomic mass is 16.2. The number of carbonyl (C=O) groups excluding carboxylic acids is 1. The van der Waals surface area contributed by atoms with Crippen LogP contribution in [-0.2, 0) is 11.2 Å². The van der Waals surface area contributed by atoms with Gasteiger partial charge < -0.3 is 5.32 Å². The van der Waals surface area contributed by atoms with Crippen LogP contribution >= 0.6 is 0 Å². The van der Waals surface area contributed by atoms with Gasteiger partial charge in [-0.15, -0.1) is 0 Å². The zero-order valence-corrected chi connectivity index (χ0v) is 13.4. The molecule has 1 amide bonds. The van der Waals surface area contributed by atoms with E-state index in [0.717, 1.165) is 19.3 Å². The zero-order chi connectivity index (χ0) is 15.7. The van der Waals surface area contributed by atoms with Crippen molar-refractivity contribution in [2.24, 2.45) is 5.41 Å². The fourth-order valence-electron chi connectivity index (χ4n) is 2.73. The van der Waals surface area contributed by atoms with Crippen LogP contribution in [0, 0.1) is 23.7 Å². The van der Waals surface area contributed by atoms with E-state index in [9.17, 15) is 10.1 Å². The second kappa shape index (κ2) is 8.46. The van der Waals surface area contributed by atoms with Crippen molar-refractivity contribution in [1.82, 2.24) is 5.32 Å². The lowest BCUT2D eigenvalue weighted by atomic mass is 9.80. The van der Waals surface area contributed by atoms with Crippen LogP contribution in [0.5, 0.6) is 0 Å². The molecule has 1 N–H and O–H groups in total. The van der Waals surface area contributed by atoms with Crippen molar-refractivity contribution in [2.75, 3.05) is 6.54 Å². The van der Waals surface area contributed by atoms with Gasteiger partial charge in [-0.05, 0) is 31.7 Å². The minimum Gasteiger partial charge on any atom is -0.354 e. The second-order valence-electron chi connectivity index (χ2n) is 5.69. The summed E-state index contributed by atoms with van der Waals surface area (Å²) in [4.78, 5) is 12.4. The summed E-state index contributed by atoms with van der Waals surface area (Å²) in [5, 5.41) is 12.4. The van der Waals surface area contributed by atoms with Gasteiger partial charge in [0.1, 0.15) is 5.41 Å². The summed E-state index contributed by atoms with van der Waals surface area (Å²) in [6.45, 7) is 6.67. The highest BCUT2D eigenvalue weighted by molar-refractivity contribution is 5.85. The molecule has 0 spiro atoms. The van der Waals surface area contributed by atoms with Crippen LogP contribution in [0.15, 0.2) is 24.3 Å². The van der Waals surface area contributed by atoms with Crippen LogP contribution < -0.4 is 5.32 Å². The second-order valence-corrected chi connectivity index (χ2v) is 5.69. The molecule has 0 saturated carbocycles. The summed E-state index contributed by atoms with van der Waals surface area (Å²) < 4.78 is 0. The maximum Gasteiger partial charge on any atom is 0.240 e. The molecule has 0 aliphatic heterocycles. The lowest BCUT2D eigenvalue weighted by Gasteiger charge is -2.24. The van der Waals surface area contributed by atoms with Gasteiger partial charge >= 0.3 is 0 Å². The predicted octanol–water partition coefficient (Wildman–Crippen LogP) is 3.76. The van der Waals surface area contributed by atoms with Crippen molar-refractivity contribution in [2.45, 2.75) is 52.9 Å². The highest BCUT2D eigenvalue weighted by Crippen LogP contribution is 2.29. The van der Waals surface area contributed by atoms with Crippen molar-refractivity contribution in [3.8, 4) is 6.07 Å². The molecule has 0 aromatic heterocycles. The summed E-state index contributed by atoms with van der Waals surface area (Å²) in [7, 11) is 0. The molecule has 1 aromatic rings. The third-order valence-electron chi connectivity index (χ3n) is 3.78. The van der Waals surface area contributed by atoms with Crippen molar-refractivity contribution < 1.29 is 4.79 Å². The smallest absolute Gasteiger partial charge is 0.240 e. The Morgan fingerprint density at radius 2 is 1.95 bits per heavy atom. The van der Waals surface area contributed by atoms with Gasteiger partial charge in [-0.25, -0.2) is 0 Å². The van der Waals surface area contributed by atoms with Gasteiger partial charge in [-0.1, -0.05) is 56.5 Å². The molecule has 1 rings (SSSR count). The zero-order valence-electron chi connectivity index (χ0n) is 13.4.